The van der Waals surface area contributed by atoms with Crippen molar-refractivity contribution in [2.45, 2.75) is 43.6 Å². The van der Waals surface area contributed by atoms with E-state index in [1.807, 2.05) is 30.3 Å². The molecule has 1 aliphatic heterocycles. The first-order valence-corrected chi connectivity index (χ1v) is 11.4. The fourth-order valence-corrected chi connectivity index (χ4v) is 5.29. The average Bonchev–Trinajstić information content (AvgIpc) is 3.23. The van der Waals surface area contributed by atoms with E-state index < -0.39 is 5.41 Å². The smallest absolute Gasteiger partial charge is 0.231 e. The highest BCUT2D eigenvalue weighted by molar-refractivity contribution is 5.90. The summed E-state index contributed by atoms with van der Waals surface area (Å²) in [5, 5.41) is 4.60. The van der Waals surface area contributed by atoms with Crippen molar-refractivity contribution in [3.05, 3.63) is 59.3 Å². The van der Waals surface area contributed by atoms with E-state index >= 15 is 0 Å². The number of ether oxygens (including phenoxy) is 3. The van der Waals surface area contributed by atoms with Crippen LogP contribution in [-0.4, -0.2) is 38.3 Å². The van der Waals surface area contributed by atoms with Crippen LogP contribution in [0.1, 0.15) is 48.5 Å². The van der Waals surface area contributed by atoms with E-state index in [1.54, 1.807) is 14.2 Å². The van der Waals surface area contributed by atoms with Gasteiger partial charge in [0.1, 0.15) is 11.5 Å². The second kappa shape index (κ2) is 8.51. The molecule has 0 bridgehead atoms. The number of fused-ring (bicyclic) bond motifs is 3. The molecule has 32 heavy (non-hydrogen) atoms. The van der Waals surface area contributed by atoms with Gasteiger partial charge in [-0.15, -0.1) is 0 Å². The van der Waals surface area contributed by atoms with Gasteiger partial charge in [0.25, 0.3) is 0 Å². The zero-order valence-electron chi connectivity index (χ0n) is 18.7. The van der Waals surface area contributed by atoms with E-state index in [0.717, 1.165) is 47.5 Å². The molecule has 1 unspecified atom stereocenters. The van der Waals surface area contributed by atoms with Crippen molar-refractivity contribution >= 4 is 16.8 Å². The van der Waals surface area contributed by atoms with Gasteiger partial charge in [-0.3, -0.25) is 4.79 Å². The van der Waals surface area contributed by atoms with Crippen molar-refractivity contribution in [2.75, 3.05) is 27.4 Å². The summed E-state index contributed by atoms with van der Waals surface area (Å²) in [5.41, 5.74) is 3.95. The van der Waals surface area contributed by atoms with Gasteiger partial charge in [0.05, 0.1) is 25.7 Å². The third kappa shape index (κ3) is 3.52. The summed E-state index contributed by atoms with van der Waals surface area (Å²) < 4.78 is 16.4. The Balaban J connectivity index is 1.47. The Morgan fingerprint density at radius 2 is 1.78 bits per heavy atom. The Hall–Kier alpha value is -2.99. The summed E-state index contributed by atoms with van der Waals surface area (Å²) in [6.07, 6.45) is 4.33. The molecule has 1 atom stereocenters. The highest BCUT2D eigenvalue weighted by Crippen LogP contribution is 2.39. The molecule has 1 saturated heterocycles. The van der Waals surface area contributed by atoms with Crippen LogP contribution in [0.3, 0.4) is 0 Å². The first kappa shape index (κ1) is 20.9. The standard InChI is InChI=1S/C26H30N2O4/c1-30-18-8-6-17(7-9-18)26(12-14-32-15-13-26)25(29)28-23-5-3-4-20-21-16-19(31-2)10-11-22(21)27-24(20)23/h6-11,16,23,27H,3-5,12-15H2,1-2H3,(H,28,29). The summed E-state index contributed by atoms with van der Waals surface area (Å²) >= 11 is 0. The SMILES string of the molecule is COc1ccc(C2(C(=O)NC3CCCc4c3[nH]c3ccc(OC)cc43)CCOCC2)cc1. The maximum Gasteiger partial charge on any atom is 0.231 e. The number of rotatable bonds is 5. The number of aromatic amines is 1. The monoisotopic (exact) mass is 434 g/mol. The number of H-pyrrole nitrogens is 1. The second-order valence-corrected chi connectivity index (χ2v) is 8.77. The zero-order valence-corrected chi connectivity index (χ0v) is 18.7. The molecule has 6 heteroatoms. The molecule has 2 aliphatic rings. The van der Waals surface area contributed by atoms with Gasteiger partial charge in [-0.2, -0.15) is 0 Å². The van der Waals surface area contributed by atoms with Crippen LogP contribution in [0, 0.1) is 0 Å². The second-order valence-electron chi connectivity index (χ2n) is 8.77. The summed E-state index contributed by atoms with van der Waals surface area (Å²) in [6.45, 7) is 1.17. The number of amides is 1. The van der Waals surface area contributed by atoms with Crippen LogP contribution in [-0.2, 0) is 21.4 Å². The Bertz CT molecular complexity index is 1110. The molecular weight excluding hydrogens is 404 g/mol. The van der Waals surface area contributed by atoms with Crippen molar-refractivity contribution < 1.29 is 19.0 Å². The Morgan fingerprint density at radius 3 is 2.50 bits per heavy atom. The number of carbonyl (C=O) groups is 1. The van der Waals surface area contributed by atoms with Crippen LogP contribution >= 0.6 is 0 Å². The average molecular weight is 435 g/mol. The molecule has 1 amide bonds. The third-order valence-corrected chi connectivity index (χ3v) is 7.14. The number of hydrogen-bond acceptors (Lipinski definition) is 4. The van der Waals surface area contributed by atoms with Crippen LogP contribution in [0.15, 0.2) is 42.5 Å². The van der Waals surface area contributed by atoms with E-state index in [0.29, 0.717) is 26.1 Å². The molecule has 0 spiro atoms. The lowest BCUT2D eigenvalue weighted by Crippen LogP contribution is -2.49. The van der Waals surface area contributed by atoms with Gasteiger partial charge in [-0.05, 0) is 73.6 Å². The molecule has 168 valence electrons. The quantitative estimate of drug-likeness (QED) is 0.623. The number of nitrogens with one attached hydrogen (secondary N) is 2. The predicted octanol–water partition coefficient (Wildman–Crippen LogP) is 4.43. The minimum absolute atomic E-state index is 0.0254. The van der Waals surface area contributed by atoms with Crippen LogP contribution in [0.2, 0.25) is 0 Å². The van der Waals surface area contributed by atoms with Gasteiger partial charge < -0.3 is 24.5 Å². The first-order valence-electron chi connectivity index (χ1n) is 11.4. The summed E-state index contributed by atoms with van der Waals surface area (Å²) in [4.78, 5) is 17.4. The molecule has 3 aromatic rings. The predicted molar refractivity (Wildman–Crippen MR) is 123 cm³/mol. The van der Waals surface area contributed by atoms with Crippen molar-refractivity contribution in [2.24, 2.45) is 0 Å². The number of aromatic nitrogens is 1. The Labute approximate surface area is 188 Å². The molecule has 1 aliphatic carbocycles. The van der Waals surface area contributed by atoms with Gasteiger partial charge in [0, 0.05) is 29.8 Å². The van der Waals surface area contributed by atoms with Crippen molar-refractivity contribution in [3.8, 4) is 11.5 Å². The van der Waals surface area contributed by atoms with Gasteiger partial charge in [0.2, 0.25) is 5.91 Å². The fraction of sp³-hybridized carbons (Fsp3) is 0.423. The minimum atomic E-state index is -0.586. The number of benzene rings is 2. The number of aryl methyl sites for hydroxylation is 1. The maximum absolute atomic E-state index is 13.8. The topological polar surface area (TPSA) is 72.6 Å². The molecule has 2 aromatic carbocycles. The van der Waals surface area contributed by atoms with Crippen LogP contribution in [0.5, 0.6) is 11.5 Å². The van der Waals surface area contributed by atoms with Crippen LogP contribution < -0.4 is 14.8 Å². The van der Waals surface area contributed by atoms with Crippen molar-refractivity contribution in [3.63, 3.8) is 0 Å². The first-order chi connectivity index (χ1) is 15.6. The Kier molecular flexibility index (Phi) is 5.55. The lowest BCUT2D eigenvalue weighted by Gasteiger charge is -2.38. The number of methoxy groups -OCH3 is 2. The summed E-state index contributed by atoms with van der Waals surface area (Å²) in [6, 6.07) is 14.0. The highest BCUT2D eigenvalue weighted by atomic mass is 16.5. The minimum Gasteiger partial charge on any atom is -0.497 e. The summed E-state index contributed by atoms with van der Waals surface area (Å²) in [5.74, 6) is 1.73. The molecule has 1 aromatic heterocycles. The zero-order chi connectivity index (χ0) is 22.1. The normalized spacial score (nSPS) is 19.9. The van der Waals surface area contributed by atoms with E-state index in [-0.39, 0.29) is 11.9 Å². The molecule has 0 radical (unpaired) electrons. The molecule has 0 saturated carbocycles. The molecular formula is C26H30N2O4. The van der Waals surface area contributed by atoms with Gasteiger partial charge >= 0.3 is 0 Å². The van der Waals surface area contributed by atoms with E-state index in [1.165, 1.54) is 10.9 Å². The van der Waals surface area contributed by atoms with Crippen LogP contribution in [0.25, 0.3) is 10.9 Å². The summed E-state index contributed by atoms with van der Waals surface area (Å²) in [7, 11) is 3.35. The van der Waals surface area contributed by atoms with E-state index in [4.69, 9.17) is 14.2 Å². The Morgan fingerprint density at radius 1 is 1.06 bits per heavy atom. The third-order valence-electron chi connectivity index (χ3n) is 7.14. The van der Waals surface area contributed by atoms with Crippen molar-refractivity contribution in [1.82, 2.24) is 10.3 Å². The van der Waals surface area contributed by atoms with Gasteiger partial charge in [0.15, 0.2) is 0 Å². The largest absolute Gasteiger partial charge is 0.497 e. The number of carbonyl (C=O) groups excluding carboxylic acids is 1. The van der Waals surface area contributed by atoms with Crippen molar-refractivity contribution in [1.29, 1.82) is 0 Å². The fourth-order valence-electron chi connectivity index (χ4n) is 5.29. The molecule has 5 rings (SSSR count). The van der Waals surface area contributed by atoms with E-state index in [9.17, 15) is 4.79 Å². The van der Waals surface area contributed by atoms with Crippen LogP contribution in [0.4, 0.5) is 0 Å². The lowest BCUT2D eigenvalue weighted by atomic mass is 9.73. The highest BCUT2D eigenvalue weighted by Gasteiger charge is 2.43. The van der Waals surface area contributed by atoms with Gasteiger partial charge in [-0.25, -0.2) is 0 Å². The van der Waals surface area contributed by atoms with E-state index in [2.05, 4.69) is 22.4 Å². The molecule has 6 nitrogen and oxygen atoms in total. The number of hydrogen-bond donors (Lipinski definition) is 2. The molecule has 1 fully saturated rings. The molecule has 2 heterocycles. The maximum atomic E-state index is 13.8. The van der Waals surface area contributed by atoms with Gasteiger partial charge in [-0.1, -0.05) is 12.1 Å². The molecule has 2 N–H and O–H groups in total. The lowest BCUT2D eigenvalue weighted by molar-refractivity contribution is -0.131.